The summed E-state index contributed by atoms with van der Waals surface area (Å²) in [6.45, 7) is 12.4. The zero-order chi connectivity index (χ0) is 11.5. The molecule has 1 aliphatic rings. The van der Waals surface area contributed by atoms with Gasteiger partial charge >= 0.3 is 0 Å². The third-order valence-corrected chi connectivity index (χ3v) is 3.80. The van der Waals surface area contributed by atoms with E-state index in [1.165, 1.54) is 25.7 Å². The van der Waals surface area contributed by atoms with E-state index in [-0.39, 0.29) is 5.60 Å². The molecule has 1 aliphatic carbocycles. The van der Waals surface area contributed by atoms with Crippen LogP contribution in [0.5, 0.6) is 0 Å². The van der Waals surface area contributed by atoms with Crippen molar-refractivity contribution in [3.05, 3.63) is 0 Å². The van der Waals surface area contributed by atoms with Gasteiger partial charge in [-0.3, -0.25) is 0 Å². The third kappa shape index (κ3) is 4.14. The van der Waals surface area contributed by atoms with E-state index in [2.05, 4.69) is 34.6 Å². The van der Waals surface area contributed by atoms with Crippen molar-refractivity contribution >= 4 is 0 Å². The van der Waals surface area contributed by atoms with Crippen LogP contribution in [0.1, 0.15) is 60.3 Å². The first kappa shape index (κ1) is 13.0. The van der Waals surface area contributed by atoms with Crippen LogP contribution in [0.25, 0.3) is 0 Å². The first-order chi connectivity index (χ1) is 6.93. The van der Waals surface area contributed by atoms with Gasteiger partial charge in [0.1, 0.15) is 0 Å². The van der Waals surface area contributed by atoms with E-state index in [9.17, 15) is 0 Å². The summed E-state index contributed by atoms with van der Waals surface area (Å²) in [4.78, 5) is 0. The first-order valence-corrected chi connectivity index (χ1v) is 6.57. The summed E-state index contributed by atoms with van der Waals surface area (Å²) >= 11 is 0. The van der Waals surface area contributed by atoms with Crippen LogP contribution in [0, 0.1) is 17.8 Å². The Balaban J connectivity index is 2.34. The third-order valence-electron chi connectivity index (χ3n) is 3.80. The molecular formula is C14H28O. The van der Waals surface area contributed by atoms with E-state index in [4.69, 9.17) is 4.74 Å². The van der Waals surface area contributed by atoms with Crippen LogP contribution in [0.3, 0.4) is 0 Å². The lowest BCUT2D eigenvalue weighted by Crippen LogP contribution is -2.36. The van der Waals surface area contributed by atoms with Gasteiger partial charge in [-0.05, 0) is 50.4 Å². The number of rotatable bonds is 4. The zero-order valence-corrected chi connectivity index (χ0v) is 11.2. The predicted octanol–water partition coefficient (Wildman–Crippen LogP) is 4.26. The number of ether oxygens (including phenoxy) is 1. The van der Waals surface area contributed by atoms with Gasteiger partial charge in [0.25, 0.3) is 0 Å². The molecule has 0 aromatic rings. The Bertz CT molecular complexity index is 176. The Morgan fingerprint density at radius 2 is 1.67 bits per heavy atom. The molecule has 90 valence electrons. The van der Waals surface area contributed by atoms with Gasteiger partial charge in [0.15, 0.2) is 0 Å². The summed E-state index contributed by atoms with van der Waals surface area (Å²) in [6, 6.07) is 0. The second-order valence-electron chi connectivity index (χ2n) is 6.24. The fourth-order valence-electron chi connectivity index (χ4n) is 2.43. The Hall–Kier alpha value is -0.0400. The highest BCUT2D eigenvalue weighted by Gasteiger charge is 2.32. The van der Waals surface area contributed by atoms with Gasteiger partial charge in [-0.2, -0.15) is 0 Å². The molecule has 0 bridgehead atoms. The zero-order valence-electron chi connectivity index (χ0n) is 11.2. The van der Waals surface area contributed by atoms with Crippen molar-refractivity contribution in [2.45, 2.75) is 65.9 Å². The molecular weight excluding hydrogens is 184 g/mol. The molecule has 1 heteroatoms. The molecule has 0 radical (unpaired) electrons. The average molecular weight is 212 g/mol. The smallest absolute Gasteiger partial charge is 0.0654 e. The molecule has 0 saturated heterocycles. The topological polar surface area (TPSA) is 9.23 Å². The SMILES string of the molecule is CC(C)COC1(C)CCC(C(C)C)CC1. The van der Waals surface area contributed by atoms with Crippen LogP contribution in [-0.2, 0) is 4.74 Å². The van der Waals surface area contributed by atoms with Crippen molar-refractivity contribution in [2.24, 2.45) is 17.8 Å². The van der Waals surface area contributed by atoms with Gasteiger partial charge in [-0.25, -0.2) is 0 Å². The fraction of sp³-hybridized carbons (Fsp3) is 1.00. The highest BCUT2D eigenvalue weighted by atomic mass is 16.5. The molecule has 1 saturated carbocycles. The van der Waals surface area contributed by atoms with Crippen molar-refractivity contribution in [1.82, 2.24) is 0 Å². The van der Waals surface area contributed by atoms with Gasteiger partial charge < -0.3 is 4.74 Å². The van der Waals surface area contributed by atoms with Gasteiger partial charge in [0.2, 0.25) is 0 Å². The van der Waals surface area contributed by atoms with Crippen molar-refractivity contribution in [3.8, 4) is 0 Å². The molecule has 0 atom stereocenters. The summed E-state index contributed by atoms with van der Waals surface area (Å²) in [6.07, 6.45) is 5.21. The molecule has 0 unspecified atom stereocenters. The molecule has 15 heavy (non-hydrogen) atoms. The molecule has 0 spiro atoms. The first-order valence-electron chi connectivity index (χ1n) is 6.57. The minimum atomic E-state index is 0.176. The molecule has 0 heterocycles. The van der Waals surface area contributed by atoms with Crippen molar-refractivity contribution in [3.63, 3.8) is 0 Å². The monoisotopic (exact) mass is 212 g/mol. The van der Waals surface area contributed by atoms with Crippen LogP contribution in [0.4, 0.5) is 0 Å². The summed E-state index contributed by atoms with van der Waals surface area (Å²) in [7, 11) is 0. The van der Waals surface area contributed by atoms with E-state index in [1.807, 2.05) is 0 Å². The maximum absolute atomic E-state index is 6.06. The highest BCUT2D eigenvalue weighted by Crippen LogP contribution is 2.37. The minimum absolute atomic E-state index is 0.176. The van der Waals surface area contributed by atoms with Crippen LogP contribution in [0.15, 0.2) is 0 Å². The summed E-state index contributed by atoms with van der Waals surface area (Å²) < 4.78 is 6.06. The fourth-order valence-corrected chi connectivity index (χ4v) is 2.43. The summed E-state index contributed by atoms with van der Waals surface area (Å²) in [5, 5.41) is 0. The predicted molar refractivity (Wildman–Crippen MR) is 66.0 cm³/mol. The number of hydrogen-bond acceptors (Lipinski definition) is 1. The second kappa shape index (κ2) is 5.34. The normalized spacial score (nSPS) is 32.6. The van der Waals surface area contributed by atoms with Crippen LogP contribution < -0.4 is 0 Å². The summed E-state index contributed by atoms with van der Waals surface area (Å²) in [5.41, 5.74) is 0.176. The molecule has 0 amide bonds. The lowest BCUT2D eigenvalue weighted by atomic mass is 9.75. The van der Waals surface area contributed by atoms with Gasteiger partial charge in [-0.15, -0.1) is 0 Å². The second-order valence-corrected chi connectivity index (χ2v) is 6.24. The van der Waals surface area contributed by atoms with Gasteiger partial charge in [0, 0.05) is 6.61 Å². The quantitative estimate of drug-likeness (QED) is 0.676. The van der Waals surface area contributed by atoms with Crippen molar-refractivity contribution in [2.75, 3.05) is 6.61 Å². The van der Waals surface area contributed by atoms with Crippen LogP contribution >= 0.6 is 0 Å². The van der Waals surface area contributed by atoms with E-state index < -0.39 is 0 Å². The van der Waals surface area contributed by atoms with Crippen molar-refractivity contribution < 1.29 is 4.74 Å². The Morgan fingerprint density at radius 3 is 2.07 bits per heavy atom. The largest absolute Gasteiger partial charge is 0.375 e. The van der Waals surface area contributed by atoms with Crippen molar-refractivity contribution in [1.29, 1.82) is 0 Å². The molecule has 1 fully saturated rings. The van der Waals surface area contributed by atoms with Gasteiger partial charge in [0.05, 0.1) is 5.60 Å². The molecule has 0 aromatic carbocycles. The summed E-state index contributed by atoms with van der Waals surface area (Å²) in [5.74, 6) is 2.44. The molecule has 0 N–H and O–H groups in total. The van der Waals surface area contributed by atoms with E-state index in [0.717, 1.165) is 18.4 Å². The number of hydrogen-bond donors (Lipinski definition) is 0. The maximum Gasteiger partial charge on any atom is 0.0654 e. The van der Waals surface area contributed by atoms with Gasteiger partial charge in [-0.1, -0.05) is 27.7 Å². The van der Waals surface area contributed by atoms with E-state index in [1.54, 1.807) is 0 Å². The van der Waals surface area contributed by atoms with E-state index >= 15 is 0 Å². The average Bonchev–Trinajstić information content (AvgIpc) is 2.16. The Labute approximate surface area is 95.6 Å². The minimum Gasteiger partial charge on any atom is -0.375 e. The van der Waals surface area contributed by atoms with Crippen LogP contribution in [-0.4, -0.2) is 12.2 Å². The lowest BCUT2D eigenvalue weighted by molar-refractivity contribution is -0.0772. The Kier molecular flexibility index (Phi) is 4.64. The van der Waals surface area contributed by atoms with Crippen LogP contribution in [0.2, 0.25) is 0 Å². The molecule has 1 nitrogen and oxygen atoms in total. The standard InChI is InChI=1S/C14H28O/c1-11(2)10-15-14(5)8-6-13(7-9-14)12(3)4/h11-13H,6-10H2,1-5H3. The molecule has 0 aliphatic heterocycles. The Morgan fingerprint density at radius 1 is 1.13 bits per heavy atom. The molecule has 0 aromatic heterocycles. The molecule has 1 rings (SSSR count). The van der Waals surface area contributed by atoms with E-state index in [0.29, 0.717) is 5.92 Å². The highest BCUT2D eigenvalue weighted by molar-refractivity contribution is 4.84. The maximum atomic E-state index is 6.06. The lowest BCUT2D eigenvalue weighted by Gasteiger charge is -2.39.